The Bertz CT molecular complexity index is 896. The van der Waals surface area contributed by atoms with Crippen molar-refractivity contribution in [2.45, 2.75) is 31.3 Å². The molecule has 2 fully saturated rings. The van der Waals surface area contributed by atoms with Crippen LogP contribution >= 0.6 is 11.6 Å². The first-order chi connectivity index (χ1) is 13.5. The van der Waals surface area contributed by atoms with E-state index >= 15 is 0 Å². The number of hydrogen-bond donors (Lipinski definition) is 0. The van der Waals surface area contributed by atoms with Crippen LogP contribution in [0.1, 0.15) is 19.3 Å². The van der Waals surface area contributed by atoms with E-state index in [-0.39, 0.29) is 36.8 Å². The second-order valence-corrected chi connectivity index (χ2v) is 7.33. The lowest BCUT2D eigenvalue weighted by Crippen LogP contribution is -2.48. The third-order valence-electron chi connectivity index (χ3n) is 4.88. The molecule has 0 N–H and O–H groups in total. The summed E-state index contributed by atoms with van der Waals surface area (Å²) in [5.41, 5.74) is 0.464. The number of carbonyl (C=O) groups excluding carboxylic acids is 3. The lowest BCUT2D eigenvalue weighted by molar-refractivity contribution is -0.140. The number of amides is 3. The summed E-state index contributed by atoms with van der Waals surface area (Å²) < 4.78 is 5.56. The molecular weight excluding hydrogens is 380 g/mol. The van der Waals surface area contributed by atoms with Gasteiger partial charge in [-0.1, -0.05) is 29.8 Å². The van der Waals surface area contributed by atoms with Gasteiger partial charge in [0.1, 0.15) is 11.8 Å². The Morgan fingerprint density at radius 1 is 1.07 bits per heavy atom. The van der Waals surface area contributed by atoms with Crippen LogP contribution in [0.3, 0.4) is 0 Å². The minimum absolute atomic E-state index is 0.0150. The molecule has 1 aliphatic carbocycles. The van der Waals surface area contributed by atoms with Crippen LogP contribution in [0.2, 0.25) is 5.02 Å². The minimum Gasteiger partial charge on any atom is -0.484 e. The predicted octanol–water partition coefficient (Wildman–Crippen LogP) is 3.04. The second-order valence-electron chi connectivity index (χ2n) is 6.90. The van der Waals surface area contributed by atoms with E-state index in [1.807, 2.05) is 18.2 Å². The van der Waals surface area contributed by atoms with Crippen molar-refractivity contribution in [3.05, 3.63) is 59.6 Å². The standard InChI is InChI=1S/C21H19ClN2O4/c22-14-6-8-16(9-7-14)24-19(25)12-18(21(24)27)23(15-10-11-15)20(26)13-28-17-4-2-1-3-5-17/h1-9,15,18H,10-13H2. The quantitative estimate of drug-likeness (QED) is 0.701. The third kappa shape index (κ3) is 3.73. The molecule has 0 radical (unpaired) electrons. The molecule has 2 aromatic rings. The number of hydrogen-bond acceptors (Lipinski definition) is 4. The zero-order chi connectivity index (χ0) is 19.7. The topological polar surface area (TPSA) is 66.9 Å². The summed E-state index contributed by atoms with van der Waals surface area (Å²) in [5, 5.41) is 0.521. The van der Waals surface area contributed by atoms with Crippen molar-refractivity contribution in [1.29, 1.82) is 0 Å². The molecule has 0 bridgehead atoms. The van der Waals surface area contributed by atoms with Gasteiger partial charge >= 0.3 is 0 Å². The van der Waals surface area contributed by atoms with Gasteiger partial charge in [0.25, 0.3) is 11.8 Å². The molecule has 1 saturated carbocycles. The molecule has 1 heterocycles. The molecule has 0 spiro atoms. The van der Waals surface area contributed by atoms with Gasteiger partial charge in [-0.25, -0.2) is 4.90 Å². The molecule has 1 atom stereocenters. The zero-order valence-electron chi connectivity index (χ0n) is 15.1. The summed E-state index contributed by atoms with van der Waals surface area (Å²) in [5.74, 6) is -0.397. The van der Waals surface area contributed by atoms with Gasteiger partial charge in [-0.15, -0.1) is 0 Å². The van der Waals surface area contributed by atoms with E-state index in [2.05, 4.69) is 0 Å². The number of ether oxygens (including phenoxy) is 1. The smallest absolute Gasteiger partial charge is 0.261 e. The molecule has 144 valence electrons. The summed E-state index contributed by atoms with van der Waals surface area (Å²) in [7, 11) is 0. The fourth-order valence-electron chi connectivity index (χ4n) is 3.42. The largest absolute Gasteiger partial charge is 0.484 e. The van der Waals surface area contributed by atoms with E-state index in [4.69, 9.17) is 16.3 Å². The average Bonchev–Trinajstić information content (AvgIpc) is 3.48. The fraction of sp³-hybridized carbons (Fsp3) is 0.286. The van der Waals surface area contributed by atoms with Crippen LogP contribution in [-0.4, -0.2) is 41.3 Å². The third-order valence-corrected chi connectivity index (χ3v) is 5.13. The van der Waals surface area contributed by atoms with Gasteiger partial charge in [0.05, 0.1) is 12.1 Å². The maximum Gasteiger partial charge on any atom is 0.261 e. The van der Waals surface area contributed by atoms with Crippen molar-refractivity contribution in [2.75, 3.05) is 11.5 Å². The molecule has 1 saturated heterocycles. The number of nitrogens with zero attached hydrogens (tertiary/aromatic N) is 2. The molecule has 0 aromatic heterocycles. The van der Waals surface area contributed by atoms with Crippen molar-refractivity contribution in [1.82, 2.24) is 4.90 Å². The van der Waals surface area contributed by atoms with Gasteiger partial charge < -0.3 is 9.64 Å². The molecule has 1 unspecified atom stereocenters. The zero-order valence-corrected chi connectivity index (χ0v) is 15.8. The Kier molecular flexibility index (Phi) is 5.05. The molecule has 3 amide bonds. The maximum absolute atomic E-state index is 13.0. The summed E-state index contributed by atoms with van der Waals surface area (Å²) >= 11 is 5.89. The minimum atomic E-state index is -0.789. The van der Waals surface area contributed by atoms with E-state index in [9.17, 15) is 14.4 Å². The Morgan fingerprint density at radius 2 is 1.75 bits per heavy atom. The maximum atomic E-state index is 13.0. The molecule has 6 nitrogen and oxygen atoms in total. The Morgan fingerprint density at radius 3 is 2.39 bits per heavy atom. The van der Waals surface area contributed by atoms with Crippen LogP contribution in [0.5, 0.6) is 5.75 Å². The van der Waals surface area contributed by atoms with Crippen LogP contribution in [0.15, 0.2) is 54.6 Å². The van der Waals surface area contributed by atoms with Gasteiger partial charge in [-0.3, -0.25) is 14.4 Å². The van der Waals surface area contributed by atoms with Crippen LogP contribution < -0.4 is 9.64 Å². The van der Waals surface area contributed by atoms with E-state index < -0.39 is 6.04 Å². The first kappa shape index (κ1) is 18.5. The SMILES string of the molecule is O=C1CC(N(C(=O)COc2ccccc2)C2CC2)C(=O)N1c1ccc(Cl)cc1. The number of rotatable bonds is 6. The highest BCUT2D eigenvalue weighted by Gasteiger charge is 2.48. The highest BCUT2D eigenvalue weighted by molar-refractivity contribution is 6.30. The molecule has 2 aliphatic rings. The fourth-order valence-corrected chi connectivity index (χ4v) is 3.54. The monoisotopic (exact) mass is 398 g/mol. The summed E-state index contributed by atoms with van der Waals surface area (Å²) in [4.78, 5) is 41.0. The van der Waals surface area contributed by atoms with Gasteiger partial charge in [0.2, 0.25) is 5.91 Å². The van der Waals surface area contributed by atoms with Crippen molar-refractivity contribution in [2.24, 2.45) is 0 Å². The first-order valence-corrected chi connectivity index (χ1v) is 9.54. The van der Waals surface area contributed by atoms with Crippen LogP contribution in [0.4, 0.5) is 5.69 Å². The van der Waals surface area contributed by atoms with Crippen molar-refractivity contribution >= 4 is 35.0 Å². The predicted molar refractivity (Wildman–Crippen MR) is 104 cm³/mol. The first-order valence-electron chi connectivity index (χ1n) is 9.16. The van der Waals surface area contributed by atoms with Gasteiger partial charge in [-0.2, -0.15) is 0 Å². The molecule has 7 heteroatoms. The van der Waals surface area contributed by atoms with Gasteiger partial charge in [-0.05, 0) is 49.2 Å². The number of para-hydroxylation sites is 1. The highest BCUT2D eigenvalue weighted by atomic mass is 35.5. The number of carbonyl (C=O) groups is 3. The van der Waals surface area contributed by atoms with Crippen LogP contribution in [-0.2, 0) is 14.4 Å². The van der Waals surface area contributed by atoms with Crippen LogP contribution in [0, 0.1) is 0 Å². The number of halogens is 1. The summed E-state index contributed by atoms with van der Waals surface area (Å²) in [6.07, 6.45) is 1.64. The normalized spacial score (nSPS) is 19.0. The number of anilines is 1. The van der Waals surface area contributed by atoms with E-state index in [1.165, 1.54) is 0 Å². The van der Waals surface area contributed by atoms with Crippen molar-refractivity contribution < 1.29 is 19.1 Å². The second kappa shape index (κ2) is 7.64. The molecule has 28 heavy (non-hydrogen) atoms. The molecule has 1 aliphatic heterocycles. The Balaban J connectivity index is 1.50. The number of benzene rings is 2. The van der Waals surface area contributed by atoms with E-state index in [0.717, 1.165) is 17.7 Å². The van der Waals surface area contributed by atoms with Crippen molar-refractivity contribution in [3.8, 4) is 5.75 Å². The molecule has 2 aromatic carbocycles. The van der Waals surface area contributed by atoms with Crippen LogP contribution in [0.25, 0.3) is 0 Å². The van der Waals surface area contributed by atoms with Gasteiger partial charge in [0, 0.05) is 11.1 Å². The van der Waals surface area contributed by atoms with Crippen molar-refractivity contribution in [3.63, 3.8) is 0 Å². The Hall–Kier alpha value is -2.86. The lowest BCUT2D eigenvalue weighted by atomic mass is 10.2. The van der Waals surface area contributed by atoms with Gasteiger partial charge in [0.15, 0.2) is 6.61 Å². The summed E-state index contributed by atoms with van der Waals surface area (Å²) in [6, 6.07) is 14.7. The molecular formula is C21H19ClN2O4. The van der Waals surface area contributed by atoms with E-state index in [0.29, 0.717) is 16.5 Å². The molecule has 4 rings (SSSR count). The highest BCUT2D eigenvalue weighted by Crippen LogP contribution is 2.34. The van der Waals surface area contributed by atoms with E-state index in [1.54, 1.807) is 41.3 Å². The average molecular weight is 399 g/mol. The Labute approximate surface area is 167 Å². The number of imide groups is 1. The lowest BCUT2D eigenvalue weighted by Gasteiger charge is -2.27. The summed E-state index contributed by atoms with van der Waals surface area (Å²) in [6.45, 7) is -0.167.